The molecule has 0 saturated carbocycles. The molecular formula is C29H66K2N2O8. The molecule has 0 spiro atoms. The Labute approximate surface area is 340 Å². The SMILES string of the molecule is CC(C)(C)[O-].CCCOC.CN(C)CCCOCCOCCC[O-].COCCCOCCOCCCN(C)C.[K+].[K+]. The van der Waals surface area contributed by atoms with E-state index in [1.54, 1.807) is 35.0 Å². The minimum absolute atomic E-state index is 0. The zero-order valence-corrected chi connectivity index (χ0v) is 35.6. The topological polar surface area (TPSA) is 108 Å². The molecule has 0 fully saturated rings. The van der Waals surface area contributed by atoms with Crippen LogP contribution in [0.25, 0.3) is 0 Å². The van der Waals surface area contributed by atoms with E-state index in [0.717, 1.165) is 71.8 Å². The third-order valence-electron chi connectivity index (χ3n) is 4.01. The van der Waals surface area contributed by atoms with Crippen molar-refractivity contribution in [3.05, 3.63) is 0 Å². The molecule has 0 rings (SSSR count). The Kier molecular flexibility index (Phi) is 68.2. The summed E-state index contributed by atoms with van der Waals surface area (Å²) in [5.74, 6) is 0. The number of methoxy groups -OCH3 is 2. The molecule has 0 amide bonds. The Hall–Kier alpha value is 2.87. The maximum Gasteiger partial charge on any atom is 1.00 e. The van der Waals surface area contributed by atoms with Crippen LogP contribution in [0.5, 0.6) is 0 Å². The summed E-state index contributed by atoms with van der Waals surface area (Å²) in [5.41, 5.74) is -0.750. The molecule has 0 aromatic carbocycles. The van der Waals surface area contributed by atoms with E-state index in [9.17, 15) is 10.2 Å². The van der Waals surface area contributed by atoms with E-state index in [0.29, 0.717) is 39.5 Å². The van der Waals surface area contributed by atoms with Crippen molar-refractivity contribution < 1.29 is 141 Å². The van der Waals surface area contributed by atoms with Crippen molar-refractivity contribution in [3.63, 3.8) is 0 Å². The molecule has 0 atom stereocenters. The largest absolute Gasteiger partial charge is 1.00 e. The van der Waals surface area contributed by atoms with E-state index in [4.69, 9.17) is 28.4 Å². The van der Waals surface area contributed by atoms with E-state index in [1.165, 1.54) is 0 Å². The van der Waals surface area contributed by atoms with E-state index in [-0.39, 0.29) is 109 Å². The van der Waals surface area contributed by atoms with Crippen LogP contribution in [-0.4, -0.2) is 144 Å². The van der Waals surface area contributed by atoms with Gasteiger partial charge in [0.25, 0.3) is 0 Å². The normalized spacial score (nSPS) is 10.4. The quantitative estimate of drug-likeness (QED) is 0.0803. The first-order valence-electron chi connectivity index (χ1n) is 14.3. The molecule has 0 unspecified atom stereocenters. The van der Waals surface area contributed by atoms with E-state index in [2.05, 4.69) is 30.8 Å². The molecule has 0 N–H and O–H groups in total. The predicted octanol–water partition coefficient (Wildman–Crippen LogP) is -4.07. The van der Waals surface area contributed by atoms with Gasteiger partial charge < -0.3 is 48.4 Å². The Morgan fingerprint density at radius 3 is 1.10 bits per heavy atom. The molecule has 0 bridgehead atoms. The number of rotatable bonds is 23. The monoisotopic (exact) mass is 648 g/mol. The van der Waals surface area contributed by atoms with Gasteiger partial charge in [-0.05, 0) is 73.4 Å². The molecule has 0 saturated heterocycles. The van der Waals surface area contributed by atoms with Crippen LogP contribution in [0.3, 0.4) is 0 Å². The number of ether oxygens (including phenoxy) is 6. The summed E-state index contributed by atoms with van der Waals surface area (Å²) in [6, 6.07) is 0. The first kappa shape index (κ1) is 56.2. The van der Waals surface area contributed by atoms with E-state index in [1.807, 2.05) is 14.1 Å². The van der Waals surface area contributed by atoms with Gasteiger partial charge in [0.2, 0.25) is 0 Å². The van der Waals surface area contributed by atoms with Gasteiger partial charge >= 0.3 is 103 Å². The van der Waals surface area contributed by atoms with E-state index < -0.39 is 5.60 Å². The molecule has 41 heavy (non-hydrogen) atoms. The standard InChI is InChI=1S/C11H25NO3.C10H22NO3.C4H9O.C4H10O.2K/c1-12(2)6-4-8-14-10-11-15-9-5-7-13-3;1-11(2)5-3-7-13-9-10-14-8-4-6-12;1-4(2,3)5;1-3-4-5-2;;/h4-11H2,1-3H3;3-10H2,1-2H3;1-3H3;3-4H2,1-2H3;;/q;2*-1;;2*+1. The Balaban J connectivity index is -0.000000109. The van der Waals surface area contributed by atoms with Gasteiger partial charge in [0.15, 0.2) is 0 Å². The fraction of sp³-hybridized carbons (Fsp3) is 1.00. The fourth-order valence-electron chi connectivity index (χ4n) is 2.28. The van der Waals surface area contributed by atoms with Crippen LogP contribution in [0, 0.1) is 0 Å². The summed E-state index contributed by atoms with van der Waals surface area (Å²) in [6.07, 6.45) is 4.80. The molecule has 0 aliphatic rings. The molecule has 0 heterocycles. The minimum Gasteiger partial charge on any atom is -0.854 e. The number of hydrogen-bond acceptors (Lipinski definition) is 10. The summed E-state index contributed by atoms with van der Waals surface area (Å²) >= 11 is 0. The zero-order valence-electron chi connectivity index (χ0n) is 29.4. The molecule has 0 aromatic heterocycles. The van der Waals surface area contributed by atoms with Crippen LogP contribution in [0.1, 0.15) is 59.8 Å². The summed E-state index contributed by atoms with van der Waals surface area (Å²) in [5, 5.41) is 20.2. The summed E-state index contributed by atoms with van der Waals surface area (Å²) in [6.45, 7) is 16.2. The van der Waals surface area contributed by atoms with Crippen LogP contribution in [-0.2, 0) is 28.4 Å². The van der Waals surface area contributed by atoms with Crippen molar-refractivity contribution in [1.29, 1.82) is 0 Å². The fourth-order valence-corrected chi connectivity index (χ4v) is 2.28. The first-order chi connectivity index (χ1) is 18.5. The summed E-state index contributed by atoms with van der Waals surface area (Å²) < 4.78 is 30.9. The van der Waals surface area contributed by atoms with Gasteiger partial charge in [-0.1, -0.05) is 27.7 Å². The number of nitrogens with zero attached hydrogens (tertiary/aromatic N) is 2. The molecule has 12 heteroatoms. The minimum atomic E-state index is -0.750. The van der Waals surface area contributed by atoms with Gasteiger partial charge in [0.1, 0.15) is 0 Å². The Morgan fingerprint density at radius 1 is 0.537 bits per heavy atom. The summed E-state index contributed by atoms with van der Waals surface area (Å²) in [4.78, 5) is 4.29. The van der Waals surface area contributed by atoms with Crippen LogP contribution in [0.15, 0.2) is 0 Å². The molecule has 0 aliphatic heterocycles. The predicted molar refractivity (Wildman–Crippen MR) is 158 cm³/mol. The second-order valence-electron chi connectivity index (χ2n) is 10.3. The number of hydrogen-bond donors (Lipinski definition) is 0. The Morgan fingerprint density at radius 2 is 0.854 bits per heavy atom. The second-order valence-corrected chi connectivity index (χ2v) is 10.3. The zero-order chi connectivity index (χ0) is 30.6. The second kappa shape index (κ2) is 49.7. The summed E-state index contributed by atoms with van der Waals surface area (Å²) in [7, 11) is 11.6. The maximum atomic E-state index is 10.1. The van der Waals surface area contributed by atoms with Crippen molar-refractivity contribution in [2.75, 3.05) is 128 Å². The molecule has 242 valence electrons. The van der Waals surface area contributed by atoms with Gasteiger partial charge in [-0.15, -0.1) is 12.2 Å². The average molecular weight is 649 g/mol. The molecule has 10 nitrogen and oxygen atoms in total. The van der Waals surface area contributed by atoms with Gasteiger partial charge in [-0.3, -0.25) is 0 Å². The molecule has 0 aliphatic carbocycles. The maximum absolute atomic E-state index is 10.1. The van der Waals surface area contributed by atoms with Crippen molar-refractivity contribution in [2.45, 2.75) is 65.4 Å². The van der Waals surface area contributed by atoms with Crippen molar-refractivity contribution in [1.82, 2.24) is 9.80 Å². The third kappa shape index (κ3) is 92.2. The van der Waals surface area contributed by atoms with Crippen molar-refractivity contribution >= 4 is 0 Å². The van der Waals surface area contributed by atoms with E-state index >= 15 is 0 Å². The molecule has 0 radical (unpaired) electrons. The molecular weight excluding hydrogens is 583 g/mol. The van der Waals surface area contributed by atoms with Gasteiger partial charge in [0.05, 0.1) is 26.4 Å². The van der Waals surface area contributed by atoms with Crippen LogP contribution in [0.4, 0.5) is 0 Å². The van der Waals surface area contributed by atoms with Crippen LogP contribution >= 0.6 is 0 Å². The van der Waals surface area contributed by atoms with Crippen LogP contribution in [0.2, 0.25) is 0 Å². The smallest absolute Gasteiger partial charge is 0.854 e. The van der Waals surface area contributed by atoms with Crippen LogP contribution < -0.4 is 113 Å². The Bertz CT molecular complexity index is 402. The first-order valence-corrected chi connectivity index (χ1v) is 14.3. The molecule has 0 aromatic rings. The van der Waals surface area contributed by atoms with Crippen molar-refractivity contribution in [2.24, 2.45) is 0 Å². The van der Waals surface area contributed by atoms with Crippen molar-refractivity contribution in [3.8, 4) is 0 Å². The van der Waals surface area contributed by atoms with Gasteiger partial charge in [-0.25, -0.2) is 0 Å². The van der Waals surface area contributed by atoms with Gasteiger partial charge in [-0.2, -0.15) is 0 Å². The third-order valence-corrected chi connectivity index (χ3v) is 4.01. The van der Waals surface area contributed by atoms with Gasteiger partial charge in [0, 0.05) is 53.9 Å². The average Bonchev–Trinajstić information content (AvgIpc) is 2.84.